The van der Waals surface area contributed by atoms with Gasteiger partial charge in [-0.25, -0.2) is 0 Å². The number of amides is 1. The lowest BCUT2D eigenvalue weighted by Crippen LogP contribution is -2.37. The van der Waals surface area contributed by atoms with Gasteiger partial charge in [0.05, 0.1) is 0 Å². The molecule has 1 amide bonds. The lowest BCUT2D eigenvalue weighted by Gasteiger charge is -2.28. The van der Waals surface area contributed by atoms with E-state index in [9.17, 15) is 4.79 Å². The average Bonchev–Trinajstić information content (AvgIpc) is 2.76. The summed E-state index contributed by atoms with van der Waals surface area (Å²) < 4.78 is 0. The molecular weight excluding hydrogens is 246 g/mol. The lowest BCUT2D eigenvalue weighted by molar-refractivity contribution is -0.132. The van der Waals surface area contributed by atoms with E-state index in [0.717, 1.165) is 0 Å². The first-order valence-electron chi connectivity index (χ1n) is 7.99. The monoisotopic (exact) mass is 273 g/mol. The van der Waals surface area contributed by atoms with E-state index in [2.05, 4.69) is 19.1 Å². The normalized spacial score (nSPS) is 18.3. The second-order valence-electron chi connectivity index (χ2n) is 6.17. The number of carbonyl (C=O) groups is 1. The third kappa shape index (κ3) is 4.09. The SMILES string of the molecule is CC(CC(=O)N(C)C1CCCCCC1)c1ccccc1. The van der Waals surface area contributed by atoms with Crippen LogP contribution in [0.25, 0.3) is 0 Å². The molecule has 1 aromatic rings. The molecular formula is C18H27NO. The fourth-order valence-corrected chi connectivity index (χ4v) is 3.15. The van der Waals surface area contributed by atoms with Crippen molar-refractivity contribution < 1.29 is 4.79 Å². The number of nitrogens with zero attached hydrogens (tertiary/aromatic N) is 1. The Hall–Kier alpha value is -1.31. The van der Waals surface area contributed by atoms with Gasteiger partial charge in [0.15, 0.2) is 0 Å². The van der Waals surface area contributed by atoms with E-state index in [1.54, 1.807) is 0 Å². The van der Waals surface area contributed by atoms with Gasteiger partial charge < -0.3 is 4.90 Å². The van der Waals surface area contributed by atoms with Gasteiger partial charge >= 0.3 is 0 Å². The molecule has 1 aliphatic rings. The van der Waals surface area contributed by atoms with Crippen molar-refractivity contribution in [3.8, 4) is 0 Å². The maximum atomic E-state index is 12.5. The molecule has 0 heterocycles. The van der Waals surface area contributed by atoms with Crippen LogP contribution in [0, 0.1) is 0 Å². The van der Waals surface area contributed by atoms with Gasteiger partial charge in [-0.3, -0.25) is 4.79 Å². The Morgan fingerprint density at radius 3 is 2.35 bits per heavy atom. The van der Waals surface area contributed by atoms with Gasteiger partial charge in [-0.15, -0.1) is 0 Å². The Kier molecular flexibility index (Phi) is 5.63. The van der Waals surface area contributed by atoms with E-state index in [0.29, 0.717) is 24.3 Å². The van der Waals surface area contributed by atoms with Crippen LogP contribution in [0.2, 0.25) is 0 Å². The van der Waals surface area contributed by atoms with Crippen molar-refractivity contribution in [2.24, 2.45) is 0 Å². The van der Waals surface area contributed by atoms with Crippen LogP contribution in [0.5, 0.6) is 0 Å². The number of hydrogen-bond donors (Lipinski definition) is 0. The van der Waals surface area contributed by atoms with E-state index in [4.69, 9.17) is 0 Å². The van der Waals surface area contributed by atoms with Crippen molar-refractivity contribution in [3.05, 3.63) is 35.9 Å². The Labute approximate surface area is 123 Å². The highest BCUT2D eigenvalue weighted by molar-refractivity contribution is 5.77. The predicted molar refractivity (Wildman–Crippen MR) is 83.7 cm³/mol. The topological polar surface area (TPSA) is 20.3 Å². The third-order valence-electron chi connectivity index (χ3n) is 4.62. The molecule has 20 heavy (non-hydrogen) atoms. The fraction of sp³-hybridized carbons (Fsp3) is 0.611. The Bertz CT molecular complexity index is 407. The first-order valence-corrected chi connectivity index (χ1v) is 7.99. The van der Waals surface area contributed by atoms with Gasteiger partial charge in [0.2, 0.25) is 5.91 Å². The number of carbonyl (C=O) groups excluding carboxylic acids is 1. The molecule has 2 nitrogen and oxygen atoms in total. The van der Waals surface area contributed by atoms with E-state index in [1.165, 1.54) is 44.1 Å². The van der Waals surface area contributed by atoms with Gasteiger partial charge in [-0.05, 0) is 24.3 Å². The minimum atomic E-state index is 0.299. The van der Waals surface area contributed by atoms with Crippen molar-refractivity contribution in [1.82, 2.24) is 4.90 Å². The van der Waals surface area contributed by atoms with Crippen LogP contribution < -0.4 is 0 Å². The van der Waals surface area contributed by atoms with Crippen LogP contribution in [0.1, 0.15) is 63.4 Å². The highest BCUT2D eigenvalue weighted by atomic mass is 16.2. The lowest BCUT2D eigenvalue weighted by atomic mass is 9.96. The van der Waals surface area contributed by atoms with Crippen molar-refractivity contribution in [3.63, 3.8) is 0 Å². The predicted octanol–water partition coefficient (Wildman–Crippen LogP) is 4.36. The van der Waals surface area contributed by atoms with E-state index in [1.807, 2.05) is 30.1 Å². The molecule has 0 saturated heterocycles. The maximum Gasteiger partial charge on any atom is 0.223 e. The average molecular weight is 273 g/mol. The molecule has 0 radical (unpaired) electrons. The quantitative estimate of drug-likeness (QED) is 0.746. The number of hydrogen-bond acceptors (Lipinski definition) is 1. The van der Waals surface area contributed by atoms with Crippen LogP contribution in [-0.2, 0) is 4.79 Å². The second kappa shape index (κ2) is 7.47. The molecule has 0 bridgehead atoms. The summed E-state index contributed by atoms with van der Waals surface area (Å²) >= 11 is 0. The molecule has 1 fully saturated rings. The van der Waals surface area contributed by atoms with Crippen LogP contribution >= 0.6 is 0 Å². The van der Waals surface area contributed by atoms with Crippen LogP contribution in [0.4, 0.5) is 0 Å². The molecule has 0 spiro atoms. The van der Waals surface area contributed by atoms with Crippen LogP contribution in [-0.4, -0.2) is 23.9 Å². The first-order chi connectivity index (χ1) is 9.68. The van der Waals surface area contributed by atoms with Crippen LogP contribution in [0.3, 0.4) is 0 Å². The number of rotatable bonds is 4. The Morgan fingerprint density at radius 1 is 1.15 bits per heavy atom. The zero-order chi connectivity index (χ0) is 14.4. The highest BCUT2D eigenvalue weighted by Gasteiger charge is 2.22. The molecule has 2 heteroatoms. The molecule has 2 rings (SSSR count). The highest BCUT2D eigenvalue weighted by Crippen LogP contribution is 2.24. The van der Waals surface area contributed by atoms with Crippen LogP contribution in [0.15, 0.2) is 30.3 Å². The summed E-state index contributed by atoms with van der Waals surface area (Å²) in [7, 11) is 2.00. The number of benzene rings is 1. The zero-order valence-electron chi connectivity index (χ0n) is 12.8. The Morgan fingerprint density at radius 2 is 1.75 bits per heavy atom. The summed E-state index contributed by atoms with van der Waals surface area (Å²) in [6.45, 7) is 2.15. The summed E-state index contributed by atoms with van der Waals surface area (Å²) in [6, 6.07) is 10.8. The van der Waals surface area contributed by atoms with Crippen molar-refractivity contribution >= 4 is 5.91 Å². The van der Waals surface area contributed by atoms with Gasteiger partial charge in [0.1, 0.15) is 0 Å². The molecule has 0 aliphatic heterocycles. The van der Waals surface area contributed by atoms with E-state index in [-0.39, 0.29) is 0 Å². The smallest absolute Gasteiger partial charge is 0.223 e. The third-order valence-corrected chi connectivity index (χ3v) is 4.62. The molecule has 0 N–H and O–H groups in total. The van der Waals surface area contributed by atoms with E-state index >= 15 is 0 Å². The van der Waals surface area contributed by atoms with Gasteiger partial charge in [-0.1, -0.05) is 62.9 Å². The summed E-state index contributed by atoms with van der Waals surface area (Å²) in [5.41, 5.74) is 1.26. The van der Waals surface area contributed by atoms with Crippen molar-refractivity contribution in [2.45, 2.75) is 63.8 Å². The van der Waals surface area contributed by atoms with Gasteiger partial charge in [0, 0.05) is 19.5 Å². The molecule has 110 valence electrons. The molecule has 1 unspecified atom stereocenters. The fourth-order valence-electron chi connectivity index (χ4n) is 3.15. The van der Waals surface area contributed by atoms with E-state index < -0.39 is 0 Å². The molecule has 1 aromatic carbocycles. The Balaban J connectivity index is 1.90. The minimum absolute atomic E-state index is 0.299. The first kappa shape index (κ1) is 15.1. The van der Waals surface area contributed by atoms with Gasteiger partial charge in [-0.2, -0.15) is 0 Å². The van der Waals surface area contributed by atoms with Gasteiger partial charge in [0.25, 0.3) is 0 Å². The molecule has 0 aromatic heterocycles. The molecule has 1 atom stereocenters. The molecule has 1 saturated carbocycles. The largest absolute Gasteiger partial charge is 0.343 e. The minimum Gasteiger partial charge on any atom is -0.343 e. The second-order valence-corrected chi connectivity index (χ2v) is 6.17. The zero-order valence-corrected chi connectivity index (χ0v) is 12.8. The standard InChI is InChI=1S/C18H27NO/c1-15(16-10-6-5-7-11-16)14-18(20)19(2)17-12-8-3-4-9-13-17/h5-7,10-11,15,17H,3-4,8-9,12-14H2,1-2H3. The molecule has 1 aliphatic carbocycles. The van der Waals surface area contributed by atoms with Crippen molar-refractivity contribution in [2.75, 3.05) is 7.05 Å². The maximum absolute atomic E-state index is 12.5. The summed E-state index contributed by atoms with van der Waals surface area (Å²) in [6.07, 6.45) is 8.20. The summed E-state index contributed by atoms with van der Waals surface area (Å²) in [5.74, 6) is 0.602. The summed E-state index contributed by atoms with van der Waals surface area (Å²) in [4.78, 5) is 14.5. The van der Waals surface area contributed by atoms with Crippen molar-refractivity contribution in [1.29, 1.82) is 0 Å². The summed E-state index contributed by atoms with van der Waals surface area (Å²) in [5, 5.41) is 0.